The lowest BCUT2D eigenvalue weighted by Gasteiger charge is -2.53. The Kier molecular flexibility index (Phi) is 3.53. The van der Waals surface area contributed by atoms with Crippen molar-refractivity contribution in [1.82, 2.24) is 10.2 Å². The van der Waals surface area contributed by atoms with Gasteiger partial charge in [0.15, 0.2) is 0 Å². The molecule has 0 aromatic rings. The van der Waals surface area contributed by atoms with Crippen LogP contribution in [-0.4, -0.2) is 30.7 Å². The van der Waals surface area contributed by atoms with Crippen molar-refractivity contribution < 1.29 is 0 Å². The standard InChI is InChI=1S/C8H16N2.C2H6/c1-10-7-5-8(10)4-2-3-6-9-8;1-2/h9H,2-7H2,1H3;1-2H3. The number of hydrogen-bond acceptors (Lipinski definition) is 2. The van der Waals surface area contributed by atoms with E-state index in [-0.39, 0.29) is 0 Å². The highest BCUT2D eigenvalue weighted by Gasteiger charge is 2.42. The molecule has 2 aliphatic heterocycles. The summed E-state index contributed by atoms with van der Waals surface area (Å²) in [4.78, 5) is 2.45. The van der Waals surface area contributed by atoms with Gasteiger partial charge in [-0.3, -0.25) is 10.2 Å². The smallest absolute Gasteiger partial charge is 0.0722 e. The van der Waals surface area contributed by atoms with E-state index in [1.807, 2.05) is 13.8 Å². The van der Waals surface area contributed by atoms with Crippen molar-refractivity contribution in [3.8, 4) is 0 Å². The second-order valence-corrected chi connectivity index (χ2v) is 3.59. The van der Waals surface area contributed by atoms with Crippen molar-refractivity contribution in [3.05, 3.63) is 0 Å². The van der Waals surface area contributed by atoms with Gasteiger partial charge in [0.1, 0.15) is 0 Å². The fourth-order valence-corrected chi connectivity index (χ4v) is 2.10. The largest absolute Gasteiger partial charge is 0.299 e. The fourth-order valence-electron chi connectivity index (χ4n) is 2.10. The molecule has 2 heterocycles. The zero-order valence-electron chi connectivity index (χ0n) is 8.69. The highest BCUT2D eigenvalue weighted by Crippen LogP contribution is 2.33. The SMILES string of the molecule is CC.CN1CCC12CCCCN2. The molecule has 12 heavy (non-hydrogen) atoms. The third-order valence-electron chi connectivity index (χ3n) is 3.06. The molecule has 2 heteroatoms. The van der Waals surface area contributed by atoms with Gasteiger partial charge in [-0.15, -0.1) is 0 Å². The van der Waals surface area contributed by atoms with Gasteiger partial charge in [-0.1, -0.05) is 13.8 Å². The van der Waals surface area contributed by atoms with Crippen LogP contribution >= 0.6 is 0 Å². The molecule has 1 spiro atoms. The van der Waals surface area contributed by atoms with Crippen LogP contribution in [0, 0.1) is 0 Å². The summed E-state index contributed by atoms with van der Waals surface area (Å²) in [5.74, 6) is 0. The van der Waals surface area contributed by atoms with Crippen LogP contribution in [0.15, 0.2) is 0 Å². The van der Waals surface area contributed by atoms with Crippen LogP contribution in [0.4, 0.5) is 0 Å². The van der Waals surface area contributed by atoms with E-state index in [2.05, 4.69) is 17.3 Å². The summed E-state index contributed by atoms with van der Waals surface area (Å²) in [7, 11) is 2.22. The Morgan fingerprint density at radius 1 is 1.17 bits per heavy atom. The van der Waals surface area contributed by atoms with Crippen molar-refractivity contribution in [2.24, 2.45) is 0 Å². The van der Waals surface area contributed by atoms with Gasteiger partial charge < -0.3 is 0 Å². The summed E-state index contributed by atoms with van der Waals surface area (Å²) >= 11 is 0. The molecule has 0 radical (unpaired) electrons. The predicted molar refractivity (Wildman–Crippen MR) is 53.2 cm³/mol. The fraction of sp³-hybridized carbons (Fsp3) is 1.00. The summed E-state index contributed by atoms with van der Waals surface area (Å²) < 4.78 is 0. The van der Waals surface area contributed by atoms with Crippen LogP contribution in [0.2, 0.25) is 0 Å². The molecule has 2 fully saturated rings. The predicted octanol–water partition coefficient (Wildman–Crippen LogP) is 1.82. The summed E-state index contributed by atoms with van der Waals surface area (Å²) in [6.07, 6.45) is 5.51. The lowest BCUT2D eigenvalue weighted by Crippen LogP contribution is -2.67. The van der Waals surface area contributed by atoms with Crippen molar-refractivity contribution in [2.75, 3.05) is 20.1 Å². The van der Waals surface area contributed by atoms with E-state index in [9.17, 15) is 0 Å². The highest BCUT2D eigenvalue weighted by molar-refractivity contribution is 4.97. The maximum atomic E-state index is 3.61. The third kappa shape index (κ3) is 1.64. The van der Waals surface area contributed by atoms with E-state index in [1.165, 1.54) is 38.8 Å². The van der Waals surface area contributed by atoms with E-state index < -0.39 is 0 Å². The van der Waals surface area contributed by atoms with Crippen LogP contribution in [0.5, 0.6) is 0 Å². The first kappa shape index (κ1) is 10.0. The van der Waals surface area contributed by atoms with Crippen molar-refractivity contribution in [2.45, 2.75) is 45.2 Å². The van der Waals surface area contributed by atoms with Crippen molar-refractivity contribution >= 4 is 0 Å². The van der Waals surface area contributed by atoms with Crippen LogP contribution < -0.4 is 5.32 Å². The minimum atomic E-state index is 0.443. The molecule has 1 atom stereocenters. The molecule has 2 nitrogen and oxygen atoms in total. The number of likely N-dealkylation sites (tertiary alicyclic amines) is 1. The van der Waals surface area contributed by atoms with Gasteiger partial charge >= 0.3 is 0 Å². The van der Waals surface area contributed by atoms with Crippen LogP contribution in [0.1, 0.15) is 39.5 Å². The molecule has 2 aliphatic rings. The zero-order valence-corrected chi connectivity index (χ0v) is 8.69. The first-order valence-electron chi connectivity index (χ1n) is 5.30. The highest BCUT2D eigenvalue weighted by atomic mass is 15.4. The number of nitrogens with zero attached hydrogens (tertiary/aromatic N) is 1. The Bertz CT molecular complexity index is 128. The maximum absolute atomic E-state index is 3.61. The zero-order chi connectivity index (χ0) is 9.03. The lowest BCUT2D eigenvalue weighted by atomic mass is 9.86. The summed E-state index contributed by atoms with van der Waals surface area (Å²) in [5, 5.41) is 3.61. The Balaban J connectivity index is 0.000000336. The molecule has 0 aliphatic carbocycles. The minimum absolute atomic E-state index is 0.443. The first-order chi connectivity index (χ1) is 5.83. The second-order valence-electron chi connectivity index (χ2n) is 3.59. The van der Waals surface area contributed by atoms with Crippen LogP contribution in [-0.2, 0) is 0 Å². The maximum Gasteiger partial charge on any atom is 0.0722 e. The summed E-state index contributed by atoms with van der Waals surface area (Å²) in [6.45, 7) is 6.51. The van der Waals surface area contributed by atoms with E-state index in [0.717, 1.165) is 0 Å². The number of nitrogens with one attached hydrogen (secondary N) is 1. The minimum Gasteiger partial charge on any atom is -0.299 e. The topological polar surface area (TPSA) is 15.3 Å². The molecule has 0 amide bonds. The van der Waals surface area contributed by atoms with Gasteiger partial charge in [0.2, 0.25) is 0 Å². The molecule has 0 aromatic heterocycles. The second kappa shape index (κ2) is 4.24. The quantitative estimate of drug-likeness (QED) is 0.596. The molecular weight excluding hydrogens is 148 g/mol. The molecule has 0 aromatic carbocycles. The van der Waals surface area contributed by atoms with E-state index in [0.29, 0.717) is 5.66 Å². The van der Waals surface area contributed by atoms with Gasteiger partial charge in [-0.25, -0.2) is 0 Å². The summed E-state index contributed by atoms with van der Waals surface area (Å²) in [6, 6.07) is 0. The van der Waals surface area contributed by atoms with Gasteiger partial charge in [0.25, 0.3) is 0 Å². The Hall–Kier alpha value is -0.0800. The van der Waals surface area contributed by atoms with Gasteiger partial charge in [0.05, 0.1) is 5.66 Å². The molecular formula is C10H22N2. The van der Waals surface area contributed by atoms with Crippen molar-refractivity contribution in [3.63, 3.8) is 0 Å². The van der Waals surface area contributed by atoms with Crippen molar-refractivity contribution in [1.29, 1.82) is 0 Å². The van der Waals surface area contributed by atoms with E-state index >= 15 is 0 Å². The molecule has 2 saturated heterocycles. The van der Waals surface area contributed by atoms with E-state index in [1.54, 1.807) is 0 Å². The average Bonchev–Trinajstić information content (AvgIpc) is 2.20. The molecule has 72 valence electrons. The average molecular weight is 170 g/mol. The number of piperidine rings is 1. The first-order valence-corrected chi connectivity index (χ1v) is 5.30. The molecule has 0 bridgehead atoms. The summed E-state index contributed by atoms with van der Waals surface area (Å²) in [5.41, 5.74) is 0.443. The monoisotopic (exact) mass is 170 g/mol. The molecule has 2 rings (SSSR count). The molecule has 0 saturated carbocycles. The number of hydrogen-bond donors (Lipinski definition) is 1. The Morgan fingerprint density at radius 2 is 1.92 bits per heavy atom. The van der Waals surface area contributed by atoms with Crippen LogP contribution in [0.25, 0.3) is 0 Å². The van der Waals surface area contributed by atoms with Gasteiger partial charge in [-0.05, 0) is 39.3 Å². The lowest BCUT2D eigenvalue weighted by molar-refractivity contribution is -0.0394. The third-order valence-corrected chi connectivity index (χ3v) is 3.06. The van der Waals surface area contributed by atoms with Gasteiger partial charge in [0, 0.05) is 6.54 Å². The van der Waals surface area contributed by atoms with Gasteiger partial charge in [-0.2, -0.15) is 0 Å². The molecule has 1 N–H and O–H groups in total. The Morgan fingerprint density at radius 3 is 2.17 bits per heavy atom. The van der Waals surface area contributed by atoms with Crippen LogP contribution in [0.3, 0.4) is 0 Å². The Labute approximate surface area is 76.3 Å². The van der Waals surface area contributed by atoms with E-state index in [4.69, 9.17) is 0 Å². The number of rotatable bonds is 0. The molecule has 1 unspecified atom stereocenters. The normalized spacial score (nSPS) is 35.2.